The number of benzene rings is 2. The Kier molecular flexibility index (Phi) is 10.0. The molecule has 0 aliphatic carbocycles. The van der Waals surface area contributed by atoms with E-state index in [1.54, 1.807) is 17.9 Å². The normalized spacial score (nSPS) is 13.9. The Bertz CT molecular complexity index is 1640. The zero-order chi connectivity index (χ0) is 31.2. The van der Waals surface area contributed by atoms with Gasteiger partial charge in [-0.25, -0.2) is 9.78 Å². The fraction of sp³-hybridized carbons (Fsp3) is 0.417. The van der Waals surface area contributed by atoms with Crippen LogP contribution in [0.2, 0.25) is 0 Å². The first-order valence-corrected chi connectivity index (χ1v) is 15.9. The number of aromatic nitrogens is 2. The van der Waals surface area contributed by atoms with E-state index in [1.165, 1.54) is 19.3 Å². The first-order chi connectivity index (χ1) is 21.3. The molecule has 5 rings (SSSR count). The minimum Gasteiger partial charge on any atom is -0.497 e. The first-order valence-electron chi connectivity index (χ1n) is 15.9. The van der Waals surface area contributed by atoms with E-state index in [0.29, 0.717) is 23.5 Å². The minimum atomic E-state index is -0.454. The van der Waals surface area contributed by atoms with Gasteiger partial charge in [0.25, 0.3) is 5.56 Å². The number of aryl methyl sites for hydroxylation is 1. The molecule has 1 saturated heterocycles. The number of carbonyl (C=O) groups excluding carboxylic acids is 1. The number of fused-ring (bicyclic) bond motifs is 1. The number of hydrogen-bond donors (Lipinski definition) is 2. The van der Waals surface area contributed by atoms with Crippen molar-refractivity contribution in [1.82, 2.24) is 14.5 Å². The summed E-state index contributed by atoms with van der Waals surface area (Å²) in [5.41, 5.74) is 4.84. The lowest BCUT2D eigenvalue weighted by molar-refractivity contribution is 0.223. The number of urea groups is 1. The number of nitrogens with zero attached hydrogens (tertiary/aromatic N) is 3. The minimum absolute atomic E-state index is 0.209. The van der Waals surface area contributed by atoms with Crippen molar-refractivity contribution < 1.29 is 9.53 Å². The Morgan fingerprint density at radius 3 is 2.25 bits per heavy atom. The molecule has 0 saturated carbocycles. The highest BCUT2D eigenvalue weighted by Gasteiger charge is 2.23. The molecule has 2 N–H and O–H groups in total. The van der Waals surface area contributed by atoms with E-state index in [-0.39, 0.29) is 23.1 Å². The lowest BCUT2D eigenvalue weighted by Crippen LogP contribution is -2.33. The number of piperidine rings is 1. The number of likely N-dealkylation sites (tertiary alicyclic amines) is 1. The van der Waals surface area contributed by atoms with Gasteiger partial charge in [-0.2, -0.15) is 0 Å². The summed E-state index contributed by atoms with van der Waals surface area (Å²) in [6.07, 6.45) is 6.26. The zero-order valence-corrected chi connectivity index (χ0v) is 26.7. The third-order valence-corrected chi connectivity index (χ3v) is 8.53. The molecule has 8 heteroatoms. The fourth-order valence-corrected chi connectivity index (χ4v) is 6.27. The van der Waals surface area contributed by atoms with Crippen LogP contribution in [0.1, 0.15) is 76.3 Å². The first kappa shape index (κ1) is 31.3. The van der Waals surface area contributed by atoms with Gasteiger partial charge >= 0.3 is 6.03 Å². The highest BCUT2D eigenvalue weighted by molar-refractivity contribution is 6.07. The molecule has 1 fully saturated rings. The van der Waals surface area contributed by atoms with Gasteiger partial charge in [-0.1, -0.05) is 64.4 Å². The molecule has 2 aromatic carbocycles. The lowest BCUT2D eigenvalue weighted by Gasteiger charge is -2.26. The summed E-state index contributed by atoms with van der Waals surface area (Å²) in [5.74, 6) is 1.08. The number of pyridine rings is 2. The monoisotopic (exact) mass is 595 g/mol. The molecule has 0 atom stereocenters. The van der Waals surface area contributed by atoms with Crippen LogP contribution in [0, 0.1) is 0 Å². The summed E-state index contributed by atoms with van der Waals surface area (Å²) in [5, 5.41) is 6.92. The average Bonchev–Trinajstić information content (AvgIpc) is 3.03. The number of carbonyl (C=O) groups is 1. The van der Waals surface area contributed by atoms with Crippen LogP contribution in [-0.4, -0.2) is 47.2 Å². The fourth-order valence-electron chi connectivity index (χ4n) is 6.27. The van der Waals surface area contributed by atoms with E-state index in [1.807, 2.05) is 54.6 Å². The molecule has 0 radical (unpaired) electrons. The topological polar surface area (TPSA) is 88.5 Å². The number of hydrogen-bond acceptors (Lipinski definition) is 5. The Balaban J connectivity index is 1.59. The number of nitrogens with one attached hydrogen (secondary N) is 2. The van der Waals surface area contributed by atoms with Gasteiger partial charge in [0.05, 0.1) is 7.11 Å². The Morgan fingerprint density at radius 1 is 0.886 bits per heavy atom. The van der Waals surface area contributed by atoms with Crippen LogP contribution in [0.4, 0.5) is 16.2 Å². The van der Waals surface area contributed by atoms with E-state index in [4.69, 9.17) is 4.74 Å². The van der Waals surface area contributed by atoms with Crippen LogP contribution in [0.15, 0.2) is 65.6 Å². The molecule has 2 aromatic heterocycles. The molecule has 4 aromatic rings. The van der Waals surface area contributed by atoms with Gasteiger partial charge < -0.3 is 20.3 Å². The van der Waals surface area contributed by atoms with Gasteiger partial charge in [0.2, 0.25) is 0 Å². The van der Waals surface area contributed by atoms with Gasteiger partial charge in [0.1, 0.15) is 17.1 Å². The second-order valence-electron chi connectivity index (χ2n) is 12.3. The molecular formula is C36H45N5O3. The highest BCUT2D eigenvalue weighted by Crippen LogP contribution is 2.36. The summed E-state index contributed by atoms with van der Waals surface area (Å²) in [7, 11) is 1.62. The number of rotatable bonds is 10. The van der Waals surface area contributed by atoms with E-state index in [9.17, 15) is 9.59 Å². The third-order valence-electron chi connectivity index (χ3n) is 8.53. The molecule has 0 bridgehead atoms. The Morgan fingerprint density at radius 2 is 1.57 bits per heavy atom. The maximum atomic E-state index is 14.4. The van der Waals surface area contributed by atoms with Gasteiger partial charge in [0.15, 0.2) is 0 Å². The predicted octanol–water partition coefficient (Wildman–Crippen LogP) is 7.84. The van der Waals surface area contributed by atoms with E-state index in [2.05, 4.69) is 48.2 Å². The SMILES string of the molecule is COc1cccc(-c2c(NC(=O)Nc3c(C(C)C)cccc3C(C)C)c(=O)n(CCCN3CCCCC3)c3ncccc23)c1. The smallest absolute Gasteiger partial charge is 0.323 e. The van der Waals surface area contributed by atoms with E-state index < -0.39 is 6.03 Å². The van der Waals surface area contributed by atoms with Crippen molar-refractivity contribution in [2.75, 3.05) is 37.4 Å². The summed E-state index contributed by atoms with van der Waals surface area (Å²) in [4.78, 5) is 35.4. The van der Waals surface area contributed by atoms with Crippen molar-refractivity contribution in [2.24, 2.45) is 0 Å². The van der Waals surface area contributed by atoms with Crippen LogP contribution in [0.3, 0.4) is 0 Å². The van der Waals surface area contributed by atoms with Crippen LogP contribution < -0.4 is 20.9 Å². The summed E-state index contributed by atoms with van der Waals surface area (Å²) >= 11 is 0. The van der Waals surface area contributed by atoms with Crippen LogP contribution in [0.25, 0.3) is 22.2 Å². The van der Waals surface area contributed by atoms with E-state index >= 15 is 0 Å². The molecule has 1 aliphatic rings. The van der Waals surface area contributed by atoms with Crippen LogP contribution >= 0.6 is 0 Å². The van der Waals surface area contributed by atoms with Crippen molar-refractivity contribution in [2.45, 2.75) is 71.8 Å². The second kappa shape index (κ2) is 14.1. The summed E-state index contributed by atoms with van der Waals surface area (Å²) in [6.45, 7) is 12.1. The number of methoxy groups -OCH3 is 1. The number of ether oxygens (including phenoxy) is 1. The van der Waals surface area contributed by atoms with Crippen LogP contribution in [-0.2, 0) is 6.54 Å². The Labute approximate surface area is 260 Å². The molecule has 8 nitrogen and oxygen atoms in total. The van der Waals surface area contributed by atoms with Gasteiger partial charge in [0, 0.05) is 29.4 Å². The van der Waals surface area contributed by atoms with E-state index in [0.717, 1.165) is 53.8 Å². The molecular weight excluding hydrogens is 550 g/mol. The zero-order valence-electron chi connectivity index (χ0n) is 26.7. The summed E-state index contributed by atoms with van der Waals surface area (Å²) < 4.78 is 7.24. The van der Waals surface area contributed by atoms with Crippen molar-refractivity contribution in [1.29, 1.82) is 0 Å². The molecule has 0 spiro atoms. The highest BCUT2D eigenvalue weighted by atomic mass is 16.5. The van der Waals surface area contributed by atoms with Gasteiger partial charge in [-0.15, -0.1) is 0 Å². The maximum absolute atomic E-state index is 14.4. The largest absolute Gasteiger partial charge is 0.497 e. The maximum Gasteiger partial charge on any atom is 0.323 e. The number of anilines is 2. The summed E-state index contributed by atoms with van der Waals surface area (Å²) in [6, 6.07) is 17.1. The van der Waals surface area contributed by atoms with Gasteiger partial charge in [-0.3, -0.25) is 9.36 Å². The second-order valence-corrected chi connectivity index (χ2v) is 12.3. The van der Waals surface area contributed by atoms with Crippen molar-refractivity contribution in [3.63, 3.8) is 0 Å². The predicted molar refractivity (Wildman–Crippen MR) is 180 cm³/mol. The molecule has 2 amide bonds. The van der Waals surface area contributed by atoms with Gasteiger partial charge in [-0.05, 0) is 91.7 Å². The molecule has 0 unspecified atom stereocenters. The molecule has 1 aliphatic heterocycles. The average molecular weight is 596 g/mol. The molecule has 232 valence electrons. The van der Waals surface area contributed by atoms with Crippen LogP contribution in [0.5, 0.6) is 5.75 Å². The quantitative estimate of drug-likeness (QED) is 0.195. The molecule has 3 heterocycles. The lowest BCUT2D eigenvalue weighted by atomic mass is 9.93. The van der Waals surface area contributed by atoms with Crippen molar-refractivity contribution >= 4 is 28.4 Å². The number of para-hydroxylation sites is 1. The third kappa shape index (κ3) is 6.81. The number of amides is 2. The Hall–Kier alpha value is -4.17. The standard InChI is InChI=1S/C36H45N5O3/c1-24(2)28-15-10-16-29(25(3)4)32(28)38-36(43)39-33-31(26-13-9-14-27(23-26)44-5)30-17-11-18-37-34(30)41(35(33)42)22-12-21-40-19-7-6-8-20-40/h9-11,13-18,23-25H,6-8,12,19-22H2,1-5H3,(H2,38,39,43). The van der Waals surface area contributed by atoms with Crippen molar-refractivity contribution in [3.05, 3.63) is 82.3 Å². The van der Waals surface area contributed by atoms with Crippen molar-refractivity contribution in [3.8, 4) is 16.9 Å². The molecule has 44 heavy (non-hydrogen) atoms.